The molecule has 0 unspecified atom stereocenters. The summed E-state index contributed by atoms with van der Waals surface area (Å²) in [6.07, 6.45) is 5.34. The highest BCUT2D eigenvalue weighted by Crippen LogP contribution is 2.33. The first-order valence-electron chi connectivity index (χ1n) is 18.7. The van der Waals surface area contributed by atoms with Crippen molar-refractivity contribution < 1.29 is 32.3 Å². The average Bonchev–Trinajstić information content (AvgIpc) is 3.28. The highest BCUT2D eigenvalue weighted by atomic mass is 32.2. The minimum absolute atomic E-state index is 0.0993. The van der Waals surface area contributed by atoms with Crippen molar-refractivity contribution >= 4 is 62.5 Å². The standard InChI is InChI=1S/C41H46N8O7S/c1-26-11-8-16-33(37(51)43-26)49-38(52)31-14-10-15-32(36(31)39(49)53)46-35(50)17-6-5-7-24-56-29-20-18-27(19-21-29)45-40-42-23-22-34(47-40)44-28-12-9-13-30(25-28)57(54,55)48-41(2,3)4/h9-10,12-15,18-23,25,33,48H,1,5-8,11,16-17,24H2,2-4H3,(H,43,51)(H,46,50)(H2,42,44,45,47)/t33-/m0/s1. The molecule has 298 valence electrons. The number of aromatic nitrogens is 2. The lowest BCUT2D eigenvalue weighted by atomic mass is 10.1. The molecule has 3 heterocycles. The second kappa shape index (κ2) is 17.3. The summed E-state index contributed by atoms with van der Waals surface area (Å²) < 4.78 is 34.1. The Morgan fingerprint density at radius 2 is 1.72 bits per heavy atom. The van der Waals surface area contributed by atoms with Crippen molar-refractivity contribution in [3.63, 3.8) is 0 Å². The van der Waals surface area contributed by atoms with Crippen LogP contribution in [0.15, 0.2) is 96.2 Å². The number of anilines is 5. The summed E-state index contributed by atoms with van der Waals surface area (Å²) >= 11 is 0. The van der Waals surface area contributed by atoms with E-state index < -0.39 is 39.3 Å². The van der Waals surface area contributed by atoms with E-state index in [1.54, 1.807) is 57.3 Å². The summed E-state index contributed by atoms with van der Waals surface area (Å²) in [5.41, 5.74) is 1.73. The molecular formula is C41H46N8O7S. The number of unbranched alkanes of at least 4 members (excludes halogenated alkanes) is 2. The van der Waals surface area contributed by atoms with Crippen LogP contribution in [-0.4, -0.2) is 65.1 Å². The minimum atomic E-state index is -3.71. The van der Waals surface area contributed by atoms with Gasteiger partial charge in [0.05, 0.1) is 28.3 Å². The lowest BCUT2D eigenvalue weighted by Crippen LogP contribution is -2.48. The van der Waals surface area contributed by atoms with E-state index in [1.807, 2.05) is 24.3 Å². The van der Waals surface area contributed by atoms with Crippen LogP contribution in [0.25, 0.3) is 0 Å². The maximum absolute atomic E-state index is 13.4. The maximum atomic E-state index is 13.4. The number of allylic oxidation sites excluding steroid dienone is 1. The first-order valence-corrected chi connectivity index (χ1v) is 20.2. The van der Waals surface area contributed by atoms with Crippen molar-refractivity contribution in [1.29, 1.82) is 0 Å². The monoisotopic (exact) mass is 794 g/mol. The van der Waals surface area contributed by atoms with Crippen molar-refractivity contribution in [3.8, 4) is 5.75 Å². The third-order valence-corrected chi connectivity index (χ3v) is 10.8. The summed E-state index contributed by atoms with van der Waals surface area (Å²) in [5.74, 6) is -0.394. The number of sulfonamides is 1. The fourth-order valence-electron chi connectivity index (χ4n) is 6.47. The highest BCUT2D eigenvalue weighted by Gasteiger charge is 2.44. The molecule has 0 radical (unpaired) electrons. The number of rotatable bonds is 15. The number of ether oxygens (including phenoxy) is 1. The predicted octanol–water partition coefficient (Wildman–Crippen LogP) is 6.40. The molecule has 6 rings (SSSR count). The number of carbonyl (C=O) groups excluding carboxylic acids is 4. The molecule has 0 aliphatic carbocycles. The van der Waals surface area contributed by atoms with Gasteiger partial charge in [0.25, 0.3) is 11.8 Å². The number of benzene rings is 3. The fraction of sp³-hybridized carbons (Fsp3) is 0.317. The van der Waals surface area contributed by atoms with Gasteiger partial charge in [0.2, 0.25) is 27.8 Å². The van der Waals surface area contributed by atoms with Crippen LogP contribution in [0.4, 0.5) is 28.8 Å². The zero-order valence-electron chi connectivity index (χ0n) is 32.1. The van der Waals surface area contributed by atoms with E-state index in [0.717, 1.165) is 17.0 Å². The Bertz CT molecular complexity index is 2290. The Hall–Kier alpha value is -6.13. The van der Waals surface area contributed by atoms with E-state index in [-0.39, 0.29) is 34.0 Å². The molecular weight excluding hydrogens is 749 g/mol. The molecule has 1 fully saturated rings. The molecule has 1 atom stereocenters. The van der Waals surface area contributed by atoms with E-state index in [2.05, 4.69) is 42.5 Å². The Kier molecular flexibility index (Phi) is 12.3. The van der Waals surface area contributed by atoms with E-state index in [9.17, 15) is 27.6 Å². The minimum Gasteiger partial charge on any atom is -0.494 e. The van der Waals surface area contributed by atoms with Crippen molar-refractivity contribution in [3.05, 3.63) is 102 Å². The summed E-state index contributed by atoms with van der Waals surface area (Å²) in [5, 5.41) is 11.8. The molecule has 1 saturated heterocycles. The third-order valence-electron chi connectivity index (χ3n) is 9.03. The van der Waals surface area contributed by atoms with Crippen LogP contribution in [0.2, 0.25) is 0 Å². The Labute approximate surface area is 331 Å². The van der Waals surface area contributed by atoms with E-state index >= 15 is 0 Å². The first kappa shape index (κ1) is 40.5. The third kappa shape index (κ3) is 10.4. The zero-order valence-corrected chi connectivity index (χ0v) is 32.9. The molecule has 57 heavy (non-hydrogen) atoms. The Morgan fingerprint density at radius 3 is 2.49 bits per heavy atom. The average molecular weight is 795 g/mol. The maximum Gasteiger partial charge on any atom is 0.264 e. The zero-order chi connectivity index (χ0) is 40.7. The van der Waals surface area contributed by atoms with Crippen LogP contribution < -0.4 is 30.7 Å². The fourth-order valence-corrected chi connectivity index (χ4v) is 7.93. The second-order valence-corrected chi connectivity index (χ2v) is 16.5. The topological polar surface area (TPSA) is 201 Å². The lowest BCUT2D eigenvalue weighted by molar-refractivity contribution is -0.124. The van der Waals surface area contributed by atoms with Gasteiger partial charge in [-0.05, 0) is 120 Å². The molecule has 4 aromatic rings. The van der Waals surface area contributed by atoms with Crippen LogP contribution in [0.1, 0.15) is 86.4 Å². The number of nitrogens with zero attached hydrogens (tertiary/aromatic N) is 3. The number of carbonyl (C=O) groups is 4. The van der Waals surface area contributed by atoms with Crippen LogP contribution in [0, 0.1) is 0 Å². The molecule has 0 spiro atoms. The van der Waals surface area contributed by atoms with Crippen molar-refractivity contribution in [2.75, 3.05) is 22.6 Å². The van der Waals surface area contributed by atoms with E-state index in [1.165, 1.54) is 18.2 Å². The van der Waals surface area contributed by atoms with Gasteiger partial charge in [-0.15, -0.1) is 0 Å². The van der Waals surface area contributed by atoms with Crippen molar-refractivity contribution in [2.45, 2.75) is 82.2 Å². The second-order valence-electron chi connectivity index (χ2n) is 14.8. The van der Waals surface area contributed by atoms with Crippen LogP contribution >= 0.6 is 0 Å². The van der Waals surface area contributed by atoms with E-state index in [0.29, 0.717) is 67.6 Å². The first-order chi connectivity index (χ1) is 27.2. The van der Waals surface area contributed by atoms with Gasteiger partial charge >= 0.3 is 0 Å². The Balaban J connectivity index is 0.929. The van der Waals surface area contributed by atoms with Gasteiger partial charge in [-0.2, -0.15) is 4.98 Å². The van der Waals surface area contributed by atoms with Gasteiger partial charge in [0.15, 0.2) is 0 Å². The Morgan fingerprint density at radius 1 is 0.947 bits per heavy atom. The molecule has 0 bridgehead atoms. The molecule has 16 heteroatoms. The molecule has 4 amide bonds. The van der Waals surface area contributed by atoms with Crippen LogP contribution in [-0.2, 0) is 19.6 Å². The smallest absolute Gasteiger partial charge is 0.264 e. The van der Waals surface area contributed by atoms with Crippen molar-refractivity contribution in [2.24, 2.45) is 0 Å². The number of imide groups is 1. The number of hydrogen-bond donors (Lipinski definition) is 5. The normalized spacial score (nSPS) is 15.8. The molecule has 1 aromatic heterocycles. The summed E-state index contributed by atoms with van der Waals surface area (Å²) in [4.78, 5) is 62.2. The summed E-state index contributed by atoms with van der Waals surface area (Å²) in [7, 11) is -3.71. The molecule has 2 aliphatic rings. The van der Waals surface area contributed by atoms with Gasteiger partial charge in [-0.3, -0.25) is 24.1 Å². The summed E-state index contributed by atoms with van der Waals surface area (Å²) in [6.45, 7) is 9.59. The molecule has 2 aliphatic heterocycles. The van der Waals surface area contributed by atoms with Gasteiger partial charge in [0, 0.05) is 35.2 Å². The number of fused-ring (bicyclic) bond motifs is 1. The molecule has 0 saturated carbocycles. The number of nitrogens with one attached hydrogen (secondary N) is 5. The van der Waals surface area contributed by atoms with Crippen LogP contribution in [0.5, 0.6) is 5.75 Å². The predicted molar refractivity (Wildman–Crippen MR) is 216 cm³/mol. The van der Waals surface area contributed by atoms with Crippen LogP contribution in [0.3, 0.4) is 0 Å². The molecule has 15 nitrogen and oxygen atoms in total. The van der Waals surface area contributed by atoms with Crippen molar-refractivity contribution in [1.82, 2.24) is 24.9 Å². The number of hydrogen-bond acceptors (Lipinski definition) is 11. The largest absolute Gasteiger partial charge is 0.494 e. The molecule has 3 aromatic carbocycles. The summed E-state index contributed by atoms with van der Waals surface area (Å²) in [6, 6.07) is 19.2. The van der Waals surface area contributed by atoms with Gasteiger partial charge < -0.3 is 26.0 Å². The van der Waals surface area contributed by atoms with Gasteiger partial charge in [-0.25, -0.2) is 18.1 Å². The highest BCUT2D eigenvalue weighted by molar-refractivity contribution is 7.89. The van der Waals surface area contributed by atoms with Gasteiger partial charge in [-0.1, -0.05) is 18.7 Å². The van der Waals surface area contributed by atoms with E-state index in [4.69, 9.17) is 4.74 Å². The van der Waals surface area contributed by atoms with Gasteiger partial charge in [0.1, 0.15) is 17.6 Å². The quantitative estimate of drug-likeness (QED) is 0.0659. The SMILES string of the molecule is C=C1CCC[C@H](N2C(=O)c3cccc(NC(=O)CCCCCOc4ccc(Nc5nccc(Nc6cccc(S(=O)(=O)NC(C)(C)C)c6)n5)cc4)c3C2=O)C(=O)N1. The number of amides is 4. The lowest BCUT2D eigenvalue weighted by Gasteiger charge is -2.23. The molecule has 5 N–H and O–H groups in total.